The molecule has 1 aromatic heterocycles. The van der Waals surface area contributed by atoms with Crippen molar-refractivity contribution in [2.75, 3.05) is 20.3 Å². The van der Waals surface area contributed by atoms with Gasteiger partial charge in [-0.1, -0.05) is 23.9 Å². The number of benzene rings is 3. The third kappa shape index (κ3) is 7.07. The van der Waals surface area contributed by atoms with Crippen LogP contribution in [0.5, 0.6) is 17.2 Å². The van der Waals surface area contributed by atoms with Crippen LogP contribution >= 0.6 is 27.7 Å². The molecule has 0 aliphatic rings. The van der Waals surface area contributed by atoms with Crippen molar-refractivity contribution in [2.24, 2.45) is 0 Å². The van der Waals surface area contributed by atoms with Crippen molar-refractivity contribution >= 4 is 27.7 Å². The van der Waals surface area contributed by atoms with Gasteiger partial charge in [0, 0.05) is 10.6 Å². The molecule has 1 atom stereocenters. The van der Waals surface area contributed by atoms with Crippen LogP contribution in [0.4, 0.5) is 4.39 Å². The van der Waals surface area contributed by atoms with E-state index >= 15 is 0 Å². The lowest BCUT2D eigenvalue weighted by Crippen LogP contribution is -2.12. The van der Waals surface area contributed by atoms with E-state index in [4.69, 9.17) is 14.2 Å². The third-order valence-corrected chi connectivity index (χ3v) is 7.46. The molecule has 0 aliphatic heterocycles. The number of thioether (sulfide) groups is 1. The van der Waals surface area contributed by atoms with Crippen molar-refractivity contribution < 1.29 is 23.5 Å². The molecule has 0 N–H and O–H groups in total. The molecule has 0 saturated carbocycles. The SMILES string of the molecule is CCOc1cc([C@@H](C[N+](=O)[O-])Sc2nnc(C)n2-c2ccc(OC)cc2)cc(Br)c1OCc1ccc(F)cc1. The summed E-state index contributed by atoms with van der Waals surface area (Å²) in [7, 11) is 1.59. The van der Waals surface area contributed by atoms with E-state index in [2.05, 4.69) is 26.1 Å². The largest absolute Gasteiger partial charge is 0.497 e. The monoisotopic (exact) mass is 616 g/mol. The maximum Gasteiger partial charge on any atom is 0.220 e. The number of hydrogen-bond donors (Lipinski definition) is 0. The zero-order chi connectivity index (χ0) is 27.9. The Morgan fingerprint density at radius 2 is 1.82 bits per heavy atom. The first-order chi connectivity index (χ1) is 18.8. The van der Waals surface area contributed by atoms with Gasteiger partial charge in [0.2, 0.25) is 6.54 Å². The smallest absolute Gasteiger partial charge is 0.220 e. The highest BCUT2D eigenvalue weighted by molar-refractivity contribution is 9.10. The number of halogens is 2. The molecule has 4 aromatic rings. The van der Waals surface area contributed by atoms with Crippen molar-refractivity contribution in [1.82, 2.24) is 14.8 Å². The van der Waals surface area contributed by atoms with E-state index in [9.17, 15) is 14.5 Å². The van der Waals surface area contributed by atoms with Gasteiger partial charge in [0.1, 0.15) is 29.2 Å². The summed E-state index contributed by atoms with van der Waals surface area (Å²) in [4.78, 5) is 11.3. The van der Waals surface area contributed by atoms with E-state index in [0.29, 0.717) is 44.9 Å². The molecule has 0 spiro atoms. The van der Waals surface area contributed by atoms with Crippen molar-refractivity contribution in [3.05, 3.63) is 98.0 Å². The maximum atomic E-state index is 13.3. The van der Waals surface area contributed by atoms with Crippen molar-refractivity contribution in [3.63, 3.8) is 0 Å². The lowest BCUT2D eigenvalue weighted by molar-refractivity contribution is -0.479. The topological polar surface area (TPSA) is 102 Å². The summed E-state index contributed by atoms with van der Waals surface area (Å²) in [5.41, 5.74) is 2.24. The second-order valence-corrected chi connectivity index (χ2v) is 10.4. The number of hydrogen-bond acceptors (Lipinski definition) is 8. The van der Waals surface area contributed by atoms with Crippen LogP contribution < -0.4 is 14.2 Å². The molecular formula is C27H26BrFN4O5S. The van der Waals surface area contributed by atoms with E-state index < -0.39 is 5.25 Å². The quantitative estimate of drug-likeness (QED) is 0.1000. The zero-order valence-electron chi connectivity index (χ0n) is 21.5. The lowest BCUT2D eigenvalue weighted by Gasteiger charge is -2.19. The molecule has 12 heteroatoms. The summed E-state index contributed by atoms with van der Waals surface area (Å²) < 4.78 is 32.8. The Labute approximate surface area is 237 Å². The Morgan fingerprint density at radius 3 is 2.46 bits per heavy atom. The predicted octanol–water partition coefficient (Wildman–Crippen LogP) is 6.57. The Kier molecular flexibility index (Phi) is 9.41. The van der Waals surface area contributed by atoms with Crippen LogP contribution in [0.15, 0.2) is 70.3 Å². The van der Waals surface area contributed by atoms with Gasteiger partial charge in [-0.3, -0.25) is 14.7 Å². The van der Waals surface area contributed by atoms with Crippen LogP contribution in [0.3, 0.4) is 0 Å². The molecule has 3 aromatic carbocycles. The Morgan fingerprint density at radius 1 is 1.10 bits per heavy atom. The number of ether oxygens (including phenoxy) is 3. The van der Waals surface area contributed by atoms with Gasteiger partial charge in [0.15, 0.2) is 16.7 Å². The predicted molar refractivity (Wildman–Crippen MR) is 149 cm³/mol. The Hall–Kier alpha value is -3.64. The second-order valence-electron chi connectivity index (χ2n) is 8.36. The number of aryl methyl sites for hydroxylation is 1. The van der Waals surface area contributed by atoms with Crippen LogP contribution in [0, 0.1) is 22.9 Å². The fraction of sp³-hybridized carbons (Fsp3) is 0.259. The van der Waals surface area contributed by atoms with Crippen LogP contribution in [0.2, 0.25) is 0 Å². The number of aromatic nitrogens is 3. The minimum Gasteiger partial charge on any atom is -0.497 e. The first kappa shape index (κ1) is 28.4. The molecule has 0 unspecified atom stereocenters. The molecular weight excluding hydrogens is 591 g/mol. The van der Waals surface area contributed by atoms with Crippen molar-refractivity contribution in [1.29, 1.82) is 0 Å². The first-order valence-electron chi connectivity index (χ1n) is 12.0. The lowest BCUT2D eigenvalue weighted by atomic mass is 10.1. The molecule has 204 valence electrons. The van der Waals surface area contributed by atoms with Gasteiger partial charge in [-0.25, -0.2) is 4.39 Å². The molecule has 1 heterocycles. The number of rotatable bonds is 12. The van der Waals surface area contributed by atoms with Gasteiger partial charge in [0.05, 0.1) is 18.2 Å². The maximum absolute atomic E-state index is 13.3. The van der Waals surface area contributed by atoms with Gasteiger partial charge < -0.3 is 14.2 Å². The number of methoxy groups -OCH3 is 1. The molecule has 0 bridgehead atoms. The molecule has 0 aliphatic carbocycles. The van der Waals surface area contributed by atoms with Gasteiger partial charge in [0.25, 0.3) is 0 Å². The van der Waals surface area contributed by atoms with Crippen LogP contribution in [-0.4, -0.2) is 39.9 Å². The van der Waals surface area contributed by atoms with Gasteiger partial charge in [-0.2, -0.15) is 0 Å². The summed E-state index contributed by atoms with van der Waals surface area (Å²) in [5, 5.41) is 20.1. The highest BCUT2D eigenvalue weighted by Crippen LogP contribution is 2.43. The van der Waals surface area contributed by atoms with Gasteiger partial charge in [-0.05, 0) is 89.4 Å². The van der Waals surface area contributed by atoms with E-state index in [-0.39, 0.29) is 23.9 Å². The summed E-state index contributed by atoms with van der Waals surface area (Å²) >= 11 is 4.79. The molecule has 0 fully saturated rings. The zero-order valence-corrected chi connectivity index (χ0v) is 23.9. The molecule has 39 heavy (non-hydrogen) atoms. The first-order valence-corrected chi connectivity index (χ1v) is 13.6. The molecule has 0 amide bonds. The van der Waals surface area contributed by atoms with E-state index in [0.717, 1.165) is 11.3 Å². The number of nitrogens with zero attached hydrogens (tertiary/aromatic N) is 4. The minimum atomic E-state index is -0.609. The van der Waals surface area contributed by atoms with Crippen molar-refractivity contribution in [2.45, 2.75) is 30.9 Å². The Bertz CT molecular complexity index is 1430. The molecule has 9 nitrogen and oxygen atoms in total. The van der Waals surface area contributed by atoms with Crippen LogP contribution in [-0.2, 0) is 6.61 Å². The average molecular weight is 617 g/mol. The second kappa shape index (κ2) is 12.9. The average Bonchev–Trinajstić information content (AvgIpc) is 3.28. The minimum absolute atomic E-state index is 0.190. The summed E-state index contributed by atoms with van der Waals surface area (Å²) in [5.74, 6) is 1.91. The van der Waals surface area contributed by atoms with E-state index in [1.54, 1.807) is 31.4 Å². The van der Waals surface area contributed by atoms with Crippen molar-refractivity contribution in [3.8, 4) is 22.9 Å². The fourth-order valence-corrected chi connectivity index (χ4v) is 5.56. The standard InChI is InChI=1S/C27H26BrFN4O5S/c1-4-37-24-14-19(13-23(28)26(24)38-16-18-5-7-20(29)8-6-18)25(15-32(34)35)39-27-31-30-17(2)33(27)21-9-11-22(36-3)12-10-21/h5-14,25H,4,15-16H2,1-3H3/t25-/m1/s1. The highest BCUT2D eigenvalue weighted by Gasteiger charge is 2.26. The summed E-state index contributed by atoms with van der Waals surface area (Å²) in [6, 6.07) is 16.9. The Balaban J connectivity index is 1.66. The van der Waals surface area contributed by atoms with Gasteiger partial charge >= 0.3 is 0 Å². The van der Waals surface area contributed by atoms with E-state index in [1.165, 1.54) is 23.9 Å². The van der Waals surface area contributed by atoms with E-state index in [1.807, 2.05) is 42.7 Å². The van der Waals surface area contributed by atoms with Gasteiger partial charge in [-0.15, -0.1) is 10.2 Å². The third-order valence-electron chi connectivity index (χ3n) is 5.69. The molecule has 4 rings (SSSR count). The van der Waals surface area contributed by atoms with Crippen LogP contribution in [0.25, 0.3) is 5.69 Å². The molecule has 0 saturated heterocycles. The highest BCUT2D eigenvalue weighted by atomic mass is 79.9. The summed E-state index contributed by atoms with van der Waals surface area (Å²) in [6.45, 7) is 3.86. The van der Waals surface area contributed by atoms with Crippen LogP contribution in [0.1, 0.15) is 29.1 Å². The fourth-order valence-electron chi connectivity index (χ4n) is 3.83. The number of nitro groups is 1. The molecule has 0 radical (unpaired) electrons. The normalized spacial score (nSPS) is 11.7. The summed E-state index contributed by atoms with van der Waals surface area (Å²) in [6.07, 6.45) is 0.